The molecule has 7 heteroatoms. The molecule has 22 heavy (non-hydrogen) atoms. The van der Waals surface area contributed by atoms with Crippen LogP contribution in [0.15, 0.2) is 24.5 Å². The van der Waals surface area contributed by atoms with E-state index in [2.05, 4.69) is 15.6 Å². The van der Waals surface area contributed by atoms with Gasteiger partial charge in [-0.3, -0.25) is 14.7 Å². The molecule has 3 amide bonds. The predicted molar refractivity (Wildman–Crippen MR) is 83.0 cm³/mol. The summed E-state index contributed by atoms with van der Waals surface area (Å²) in [6.07, 6.45) is 5.06. The minimum absolute atomic E-state index is 0.0713. The van der Waals surface area contributed by atoms with Crippen LogP contribution in [-0.2, 0) is 4.79 Å². The SMILES string of the molecule is C[C@@H](NC(=O)NC1CCN(CC(N)=O)CC1)c1ccncc1. The molecular formula is C15H23N5O2. The predicted octanol–water partition coefficient (Wildman–Crippen LogP) is 0.392. The Morgan fingerprint density at radius 1 is 1.36 bits per heavy atom. The van der Waals surface area contributed by atoms with Gasteiger partial charge in [0.1, 0.15) is 0 Å². The van der Waals surface area contributed by atoms with E-state index in [-0.39, 0.29) is 30.6 Å². The number of aromatic nitrogens is 1. The molecule has 1 aromatic rings. The number of likely N-dealkylation sites (tertiary alicyclic amines) is 1. The minimum atomic E-state index is -0.310. The Hall–Kier alpha value is -2.15. The number of carbonyl (C=O) groups is 2. The zero-order valence-electron chi connectivity index (χ0n) is 12.8. The summed E-state index contributed by atoms with van der Waals surface area (Å²) in [6.45, 7) is 3.77. The molecule has 2 rings (SSSR count). The Balaban J connectivity index is 1.73. The van der Waals surface area contributed by atoms with Gasteiger partial charge in [-0.05, 0) is 37.5 Å². The minimum Gasteiger partial charge on any atom is -0.369 e. The van der Waals surface area contributed by atoms with Crippen LogP contribution in [0.3, 0.4) is 0 Å². The standard InChI is InChI=1S/C15H23N5O2/c1-11(12-2-6-17-7-3-12)18-15(22)19-13-4-8-20(9-5-13)10-14(16)21/h2-3,6-7,11,13H,4-5,8-10H2,1H3,(H2,16,21)(H2,18,19,22)/t11-/m1/s1. The van der Waals surface area contributed by atoms with Crippen LogP contribution >= 0.6 is 0 Å². The van der Waals surface area contributed by atoms with E-state index in [0.29, 0.717) is 0 Å². The third-order valence-corrected chi connectivity index (χ3v) is 3.86. The summed E-state index contributed by atoms with van der Waals surface area (Å²) >= 11 is 0. The van der Waals surface area contributed by atoms with E-state index in [9.17, 15) is 9.59 Å². The number of nitrogens with two attached hydrogens (primary N) is 1. The van der Waals surface area contributed by atoms with Gasteiger partial charge < -0.3 is 16.4 Å². The number of amides is 3. The van der Waals surface area contributed by atoms with E-state index in [1.54, 1.807) is 12.4 Å². The van der Waals surface area contributed by atoms with E-state index < -0.39 is 0 Å². The second-order valence-corrected chi connectivity index (χ2v) is 5.64. The van der Waals surface area contributed by atoms with Gasteiger partial charge in [0.25, 0.3) is 0 Å². The van der Waals surface area contributed by atoms with Gasteiger partial charge in [0, 0.05) is 31.5 Å². The van der Waals surface area contributed by atoms with Crippen molar-refractivity contribution in [3.05, 3.63) is 30.1 Å². The summed E-state index contributed by atoms with van der Waals surface area (Å²) in [4.78, 5) is 28.9. The molecule has 0 bridgehead atoms. The first kappa shape index (κ1) is 16.2. The summed E-state index contributed by atoms with van der Waals surface area (Å²) in [6, 6.07) is 3.66. The molecule has 1 aliphatic heterocycles. The highest BCUT2D eigenvalue weighted by Crippen LogP contribution is 2.12. The van der Waals surface area contributed by atoms with Gasteiger partial charge in [0.05, 0.1) is 12.6 Å². The number of hydrogen-bond acceptors (Lipinski definition) is 4. The van der Waals surface area contributed by atoms with Crippen molar-refractivity contribution in [1.29, 1.82) is 0 Å². The number of urea groups is 1. The number of nitrogens with one attached hydrogen (secondary N) is 2. The third-order valence-electron chi connectivity index (χ3n) is 3.86. The van der Waals surface area contributed by atoms with Crippen molar-refractivity contribution in [3.8, 4) is 0 Å². The molecule has 2 heterocycles. The second kappa shape index (κ2) is 7.74. The van der Waals surface area contributed by atoms with Gasteiger partial charge in [0.2, 0.25) is 5.91 Å². The number of hydrogen-bond donors (Lipinski definition) is 3. The third kappa shape index (κ3) is 5.00. The van der Waals surface area contributed by atoms with Gasteiger partial charge in [-0.25, -0.2) is 4.79 Å². The van der Waals surface area contributed by atoms with E-state index in [1.807, 2.05) is 24.0 Å². The van der Waals surface area contributed by atoms with Crippen molar-refractivity contribution in [2.24, 2.45) is 5.73 Å². The van der Waals surface area contributed by atoms with E-state index in [1.165, 1.54) is 0 Å². The highest BCUT2D eigenvalue weighted by Gasteiger charge is 2.21. The van der Waals surface area contributed by atoms with Crippen molar-refractivity contribution < 1.29 is 9.59 Å². The largest absolute Gasteiger partial charge is 0.369 e. The van der Waals surface area contributed by atoms with Crippen LogP contribution in [0.5, 0.6) is 0 Å². The maximum Gasteiger partial charge on any atom is 0.315 e. The van der Waals surface area contributed by atoms with E-state index in [4.69, 9.17) is 5.73 Å². The summed E-state index contributed by atoms with van der Waals surface area (Å²) in [5.74, 6) is -0.310. The van der Waals surface area contributed by atoms with Crippen LogP contribution in [0, 0.1) is 0 Å². The van der Waals surface area contributed by atoms with Crippen molar-refractivity contribution in [2.75, 3.05) is 19.6 Å². The van der Waals surface area contributed by atoms with Crippen LogP contribution in [0.25, 0.3) is 0 Å². The maximum absolute atomic E-state index is 12.0. The number of nitrogens with zero attached hydrogens (tertiary/aromatic N) is 2. The second-order valence-electron chi connectivity index (χ2n) is 5.64. The van der Waals surface area contributed by atoms with Crippen LogP contribution in [-0.4, -0.2) is 47.5 Å². The number of primary amides is 1. The first-order valence-corrected chi connectivity index (χ1v) is 7.52. The molecular weight excluding hydrogens is 282 g/mol. The molecule has 4 N–H and O–H groups in total. The smallest absolute Gasteiger partial charge is 0.315 e. The molecule has 0 saturated carbocycles. The van der Waals surface area contributed by atoms with E-state index >= 15 is 0 Å². The van der Waals surface area contributed by atoms with Gasteiger partial charge in [-0.2, -0.15) is 0 Å². The molecule has 0 spiro atoms. The van der Waals surface area contributed by atoms with Crippen LogP contribution < -0.4 is 16.4 Å². The molecule has 0 unspecified atom stereocenters. The fraction of sp³-hybridized carbons (Fsp3) is 0.533. The summed E-state index contributed by atoms with van der Waals surface area (Å²) in [5.41, 5.74) is 6.20. The van der Waals surface area contributed by atoms with Crippen LogP contribution in [0.2, 0.25) is 0 Å². The average Bonchev–Trinajstić information content (AvgIpc) is 2.49. The van der Waals surface area contributed by atoms with Crippen molar-refractivity contribution in [2.45, 2.75) is 31.8 Å². The Morgan fingerprint density at radius 2 is 2.00 bits per heavy atom. The lowest BCUT2D eigenvalue weighted by Gasteiger charge is -2.31. The number of rotatable bonds is 5. The number of pyridine rings is 1. The number of carbonyl (C=O) groups excluding carboxylic acids is 2. The van der Waals surface area contributed by atoms with Crippen molar-refractivity contribution >= 4 is 11.9 Å². The first-order chi connectivity index (χ1) is 10.5. The zero-order valence-corrected chi connectivity index (χ0v) is 12.8. The normalized spacial score (nSPS) is 17.7. The van der Waals surface area contributed by atoms with Gasteiger partial charge >= 0.3 is 6.03 Å². The molecule has 7 nitrogen and oxygen atoms in total. The molecule has 1 aromatic heterocycles. The van der Waals surface area contributed by atoms with Gasteiger partial charge in [-0.15, -0.1) is 0 Å². The fourth-order valence-corrected chi connectivity index (χ4v) is 2.61. The quantitative estimate of drug-likeness (QED) is 0.732. The Kier molecular flexibility index (Phi) is 5.71. The fourth-order valence-electron chi connectivity index (χ4n) is 2.61. The lowest BCUT2D eigenvalue weighted by molar-refractivity contribution is -0.119. The van der Waals surface area contributed by atoms with Crippen LogP contribution in [0.1, 0.15) is 31.4 Å². The Labute approximate surface area is 130 Å². The first-order valence-electron chi connectivity index (χ1n) is 7.52. The molecule has 0 aromatic carbocycles. The molecule has 1 aliphatic rings. The van der Waals surface area contributed by atoms with Gasteiger partial charge in [-0.1, -0.05) is 0 Å². The molecule has 1 saturated heterocycles. The summed E-state index contributed by atoms with van der Waals surface area (Å²) in [7, 11) is 0. The Morgan fingerprint density at radius 3 is 2.59 bits per heavy atom. The van der Waals surface area contributed by atoms with Gasteiger partial charge in [0.15, 0.2) is 0 Å². The number of piperidine rings is 1. The maximum atomic E-state index is 12.0. The average molecular weight is 305 g/mol. The molecule has 120 valence electrons. The summed E-state index contributed by atoms with van der Waals surface area (Å²) < 4.78 is 0. The highest BCUT2D eigenvalue weighted by molar-refractivity contribution is 5.76. The molecule has 0 aliphatic carbocycles. The molecule has 0 radical (unpaired) electrons. The zero-order chi connectivity index (χ0) is 15.9. The molecule has 1 fully saturated rings. The monoisotopic (exact) mass is 305 g/mol. The van der Waals surface area contributed by atoms with Crippen molar-refractivity contribution in [1.82, 2.24) is 20.5 Å². The molecule has 1 atom stereocenters. The van der Waals surface area contributed by atoms with Crippen LogP contribution in [0.4, 0.5) is 4.79 Å². The highest BCUT2D eigenvalue weighted by atomic mass is 16.2. The summed E-state index contributed by atoms with van der Waals surface area (Å²) in [5, 5.41) is 5.91. The van der Waals surface area contributed by atoms with E-state index in [0.717, 1.165) is 31.5 Å². The Bertz CT molecular complexity index is 500. The lowest BCUT2D eigenvalue weighted by atomic mass is 10.1. The van der Waals surface area contributed by atoms with Crippen molar-refractivity contribution in [3.63, 3.8) is 0 Å². The topological polar surface area (TPSA) is 100 Å². The lowest BCUT2D eigenvalue weighted by Crippen LogP contribution is -2.49.